The third kappa shape index (κ3) is 4.83. The summed E-state index contributed by atoms with van der Waals surface area (Å²) in [6, 6.07) is 7.16. The number of nitrogens with one attached hydrogen (secondary N) is 1. The van der Waals surface area contributed by atoms with Crippen molar-refractivity contribution in [2.75, 3.05) is 18.0 Å². The molecule has 3 rings (SSSR count). The van der Waals surface area contributed by atoms with E-state index < -0.39 is 0 Å². The summed E-state index contributed by atoms with van der Waals surface area (Å²) in [5, 5.41) is 6.74. The second-order valence-corrected chi connectivity index (χ2v) is 7.90. The lowest BCUT2D eigenvalue weighted by atomic mass is 10.1. The Morgan fingerprint density at radius 2 is 2.27 bits per heavy atom. The number of hydrogen-bond acceptors (Lipinski definition) is 4. The zero-order valence-corrected chi connectivity index (χ0v) is 16.3. The number of halogens is 1. The molecule has 0 spiro atoms. The molecular weight excluding hydrogens is 370 g/mol. The Balaban J connectivity index is 1.42. The quantitative estimate of drug-likeness (QED) is 0.733. The Hall–Kier alpha value is -1.92. The summed E-state index contributed by atoms with van der Waals surface area (Å²) in [4.78, 5) is 30.7. The molecule has 0 radical (unpaired) electrons. The molecule has 1 fully saturated rings. The van der Waals surface area contributed by atoms with Crippen molar-refractivity contribution in [2.24, 2.45) is 5.92 Å². The molecule has 1 atom stereocenters. The van der Waals surface area contributed by atoms with Crippen LogP contribution in [-0.4, -0.2) is 29.9 Å². The number of amides is 2. The Kier molecular flexibility index (Phi) is 6.27. The molecule has 1 aromatic heterocycles. The van der Waals surface area contributed by atoms with E-state index >= 15 is 0 Å². The van der Waals surface area contributed by atoms with Crippen LogP contribution in [0.4, 0.5) is 5.69 Å². The van der Waals surface area contributed by atoms with E-state index in [1.807, 2.05) is 19.1 Å². The maximum absolute atomic E-state index is 12.3. The SMILES string of the molecule is Cc1csc(CCCCNC(=O)C2CC(=O)N(c3cccc(Cl)c3)C2)n1. The maximum atomic E-state index is 12.3. The summed E-state index contributed by atoms with van der Waals surface area (Å²) in [6.45, 7) is 3.03. The summed E-state index contributed by atoms with van der Waals surface area (Å²) in [7, 11) is 0. The van der Waals surface area contributed by atoms with Crippen molar-refractivity contribution in [3.63, 3.8) is 0 Å². The lowest BCUT2D eigenvalue weighted by Gasteiger charge is -2.17. The molecule has 2 amide bonds. The maximum Gasteiger partial charge on any atom is 0.227 e. The molecule has 0 saturated carbocycles. The van der Waals surface area contributed by atoms with E-state index in [0.717, 1.165) is 35.7 Å². The van der Waals surface area contributed by atoms with E-state index in [2.05, 4.69) is 15.7 Å². The minimum absolute atomic E-state index is 0.0356. The first-order valence-corrected chi connectivity index (χ1v) is 10.0. The average Bonchev–Trinajstić information content (AvgIpc) is 3.20. The van der Waals surface area contributed by atoms with Crippen LogP contribution in [0.3, 0.4) is 0 Å². The van der Waals surface area contributed by atoms with Crippen molar-refractivity contribution in [3.8, 4) is 0 Å². The minimum Gasteiger partial charge on any atom is -0.356 e. The van der Waals surface area contributed by atoms with Gasteiger partial charge in [0.05, 0.1) is 10.9 Å². The fraction of sp³-hybridized carbons (Fsp3) is 0.421. The van der Waals surface area contributed by atoms with Gasteiger partial charge in [0.1, 0.15) is 0 Å². The second-order valence-electron chi connectivity index (χ2n) is 6.52. The van der Waals surface area contributed by atoms with Gasteiger partial charge in [0.2, 0.25) is 11.8 Å². The van der Waals surface area contributed by atoms with Crippen LogP contribution in [0, 0.1) is 12.8 Å². The van der Waals surface area contributed by atoms with Crippen LogP contribution < -0.4 is 10.2 Å². The number of hydrogen-bond donors (Lipinski definition) is 1. The third-order valence-electron chi connectivity index (χ3n) is 4.40. The van der Waals surface area contributed by atoms with Gasteiger partial charge >= 0.3 is 0 Å². The van der Waals surface area contributed by atoms with Crippen molar-refractivity contribution in [1.82, 2.24) is 10.3 Å². The molecule has 5 nitrogen and oxygen atoms in total. The van der Waals surface area contributed by atoms with Crippen LogP contribution in [0.2, 0.25) is 5.02 Å². The second kappa shape index (κ2) is 8.64. The van der Waals surface area contributed by atoms with E-state index in [1.54, 1.807) is 28.4 Å². The number of rotatable bonds is 7. The van der Waals surface area contributed by atoms with Gasteiger partial charge in [0.15, 0.2) is 0 Å². The largest absolute Gasteiger partial charge is 0.356 e. The van der Waals surface area contributed by atoms with Crippen molar-refractivity contribution >= 4 is 40.4 Å². The molecule has 1 aromatic carbocycles. The molecule has 1 aliphatic heterocycles. The van der Waals surface area contributed by atoms with Crippen molar-refractivity contribution in [3.05, 3.63) is 45.4 Å². The summed E-state index contributed by atoms with van der Waals surface area (Å²) in [5.41, 5.74) is 1.81. The molecule has 2 aromatic rings. The minimum atomic E-state index is -0.303. The predicted octanol–water partition coefficient (Wildman–Crippen LogP) is 3.60. The number of unbranched alkanes of at least 4 members (excludes halogenated alkanes) is 1. The molecule has 2 heterocycles. The van der Waals surface area contributed by atoms with Crippen LogP contribution in [0.25, 0.3) is 0 Å². The fourth-order valence-corrected chi connectivity index (χ4v) is 4.05. The normalized spacial score (nSPS) is 16.9. The molecule has 26 heavy (non-hydrogen) atoms. The van der Waals surface area contributed by atoms with Gasteiger partial charge in [-0.2, -0.15) is 0 Å². The van der Waals surface area contributed by atoms with E-state index in [1.165, 1.54) is 0 Å². The topological polar surface area (TPSA) is 62.3 Å². The number of benzene rings is 1. The van der Waals surface area contributed by atoms with Crippen molar-refractivity contribution < 1.29 is 9.59 Å². The molecule has 1 unspecified atom stereocenters. The smallest absolute Gasteiger partial charge is 0.227 e. The molecule has 1 N–H and O–H groups in total. The molecule has 1 saturated heterocycles. The van der Waals surface area contributed by atoms with Gasteiger partial charge < -0.3 is 10.2 Å². The molecule has 7 heteroatoms. The van der Waals surface area contributed by atoms with Crippen LogP contribution >= 0.6 is 22.9 Å². The van der Waals surface area contributed by atoms with Crippen molar-refractivity contribution in [2.45, 2.75) is 32.6 Å². The van der Waals surface area contributed by atoms with Gasteiger partial charge in [-0.05, 0) is 44.4 Å². The lowest BCUT2D eigenvalue weighted by molar-refractivity contribution is -0.126. The predicted molar refractivity (Wildman–Crippen MR) is 105 cm³/mol. The molecular formula is C19H22ClN3O2S. The highest BCUT2D eigenvalue weighted by Gasteiger charge is 2.34. The highest BCUT2D eigenvalue weighted by atomic mass is 35.5. The van der Waals surface area contributed by atoms with E-state index in [4.69, 9.17) is 11.6 Å². The molecule has 1 aliphatic rings. The third-order valence-corrected chi connectivity index (χ3v) is 5.66. The number of thiazole rings is 1. The number of aromatic nitrogens is 1. The lowest BCUT2D eigenvalue weighted by Crippen LogP contribution is -2.33. The van der Waals surface area contributed by atoms with Gasteiger partial charge in [-0.25, -0.2) is 4.98 Å². The summed E-state index contributed by atoms with van der Waals surface area (Å²) in [6.07, 6.45) is 3.09. The molecule has 138 valence electrons. The van der Waals surface area contributed by atoms with Crippen LogP contribution in [0.1, 0.15) is 30.0 Å². The summed E-state index contributed by atoms with van der Waals surface area (Å²) < 4.78 is 0. The van der Waals surface area contributed by atoms with Crippen LogP contribution in [-0.2, 0) is 16.0 Å². The summed E-state index contributed by atoms with van der Waals surface area (Å²) in [5.74, 6) is -0.386. The zero-order valence-electron chi connectivity index (χ0n) is 14.7. The first-order chi connectivity index (χ1) is 12.5. The Bertz CT molecular complexity index is 793. The van der Waals surface area contributed by atoms with Gasteiger partial charge in [-0.3, -0.25) is 9.59 Å². The van der Waals surface area contributed by atoms with Gasteiger partial charge in [-0.1, -0.05) is 17.7 Å². The number of anilines is 1. The molecule has 0 aliphatic carbocycles. The van der Waals surface area contributed by atoms with Crippen LogP contribution in [0.5, 0.6) is 0 Å². The first kappa shape index (κ1) is 18.9. The Morgan fingerprint density at radius 1 is 1.42 bits per heavy atom. The first-order valence-electron chi connectivity index (χ1n) is 8.77. The van der Waals surface area contributed by atoms with Gasteiger partial charge in [-0.15, -0.1) is 11.3 Å². The summed E-state index contributed by atoms with van der Waals surface area (Å²) >= 11 is 7.68. The van der Waals surface area contributed by atoms with E-state index in [9.17, 15) is 9.59 Å². The number of aryl methyl sites for hydroxylation is 2. The number of nitrogens with zero attached hydrogens (tertiary/aromatic N) is 2. The number of carbonyl (C=O) groups excluding carboxylic acids is 2. The van der Waals surface area contributed by atoms with Gasteiger partial charge in [0.25, 0.3) is 0 Å². The highest BCUT2D eigenvalue weighted by molar-refractivity contribution is 7.09. The number of carbonyl (C=O) groups is 2. The standard InChI is InChI=1S/C19H22ClN3O2S/c1-13-12-26-17(22-13)7-2-3-8-21-19(25)14-9-18(24)23(11-14)16-6-4-5-15(20)10-16/h4-6,10,12,14H,2-3,7-9,11H2,1H3,(H,21,25). The molecule has 0 bridgehead atoms. The monoisotopic (exact) mass is 391 g/mol. The highest BCUT2D eigenvalue weighted by Crippen LogP contribution is 2.27. The Morgan fingerprint density at radius 3 is 3.00 bits per heavy atom. The fourth-order valence-electron chi connectivity index (χ4n) is 3.05. The average molecular weight is 392 g/mol. The van der Waals surface area contributed by atoms with Gasteiger partial charge in [0, 0.05) is 41.3 Å². The Labute approximate surface area is 162 Å². The van der Waals surface area contributed by atoms with Crippen LogP contribution in [0.15, 0.2) is 29.6 Å². The van der Waals surface area contributed by atoms with E-state index in [0.29, 0.717) is 18.1 Å². The zero-order chi connectivity index (χ0) is 18.5. The van der Waals surface area contributed by atoms with Crippen molar-refractivity contribution in [1.29, 1.82) is 0 Å². The van der Waals surface area contributed by atoms with E-state index in [-0.39, 0.29) is 24.2 Å².